The molecule has 1 aliphatic rings. The van der Waals surface area contributed by atoms with Gasteiger partial charge in [-0.1, -0.05) is 0 Å². The van der Waals surface area contributed by atoms with Crippen LogP contribution >= 0.6 is 0 Å². The minimum Gasteiger partial charge on any atom is -0.508 e. The highest BCUT2D eigenvalue weighted by molar-refractivity contribution is 6.70. The van der Waals surface area contributed by atoms with Crippen LogP contribution in [0.2, 0.25) is 0 Å². The molecule has 1 aliphatic heterocycles. The third-order valence-electron chi connectivity index (χ3n) is 3.43. The number of phenols is 1. The number of aliphatic hydroxyl groups excluding tert-OH is 3. The molecule has 0 spiro atoms. The lowest BCUT2D eigenvalue weighted by Crippen LogP contribution is -2.29. The highest BCUT2D eigenvalue weighted by Crippen LogP contribution is 2.32. The lowest BCUT2D eigenvalue weighted by atomic mass is 10.1. The molecule has 2 rings (SSSR count). The summed E-state index contributed by atoms with van der Waals surface area (Å²) in [5.74, 6) is 0.0609. The van der Waals surface area contributed by atoms with Crippen molar-refractivity contribution >= 4 is 28.6 Å². The number of nitrogens with zero attached hydrogens (tertiary/aromatic N) is 3. The topological polar surface area (TPSA) is 145 Å². The second-order valence-corrected chi connectivity index (χ2v) is 5.17. The molecule has 0 fully saturated rings. The largest absolute Gasteiger partial charge is 0.508 e. The minimum atomic E-state index is -0.389. The lowest BCUT2D eigenvalue weighted by Gasteiger charge is -2.13. The number of hydrogen-bond donors (Lipinski definition) is 6. The van der Waals surface area contributed by atoms with E-state index >= 15 is 0 Å². The number of aliphatic imine (C=N–C) groups is 1. The monoisotopic (exact) mass is 335 g/mol. The zero-order valence-electron chi connectivity index (χ0n) is 13.3. The van der Waals surface area contributed by atoms with Crippen LogP contribution in [0.3, 0.4) is 0 Å². The molecule has 0 saturated heterocycles. The van der Waals surface area contributed by atoms with Crippen molar-refractivity contribution in [1.82, 2.24) is 5.01 Å². The highest BCUT2D eigenvalue weighted by Gasteiger charge is 2.28. The number of rotatable bonds is 7. The van der Waals surface area contributed by atoms with Crippen LogP contribution < -0.4 is 5.32 Å². The summed E-state index contributed by atoms with van der Waals surface area (Å²) in [6.07, 6.45) is 0. The van der Waals surface area contributed by atoms with E-state index < -0.39 is 0 Å². The number of aliphatic hydroxyl groups is 3. The lowest BCUT2D eigenvalue weighted by molar-refractivity contribution is 0.254. The van der Waals surface area contributed by atoms with Crippen LogP contribution in [-0.2, 0) is 0 Å². The van der Waals surface area contributed by atoms with Crippen molar-refractivity contribution in [3.8, 4) is 5.75 Å². The second kappa shape index (κ2) is 7.86. The van der Waals surface area contributed by atoms with Crippen molar-refractivity contribution in [2.24, 2.45) is 10.1 Å². The average molecular weight is 335 g/mol. The number of amidine groups is 1. The molecule has 0 radical (unpaired) electrons. The summed E-state index contributed by atoms with van der Waals surface area (Å²) < 4.78 is 0. The number of aromatic hydroxyl groups is 1. The van der Waals surface area contributed by atoms with Crippen LogP contribution in [0.15, 0.2) is 22.2 Å². The first-order valence-corrected chi connectivity index (χ1v) is 7.44. The SMILES string of the molecule is Cc1cc(N=C2C(=N)N(CCO)N=C2CO)c(NCCO)cc1O. The molecule has 0 atom stereocenters. The van der Waals surface area contributed by atoms with Gasteiger partial charge in [0.2, 0.25) is 0 Å². The van der Waals surface area contributed by atoms with E-state index in [1.165, 1.54) is 11.1 Å². The van der Waals surface area contributed by atoms with E-state index in [-0.39, 0.29) is 55.9 Å². The summed E-state index contributed by atoms with van der Waals surface area (Å²) in [6, 6.07) is 3.13. The van der Waals surface area contributed by atoms with Gasteiger partial charge in [-0.2, -0.15) is 5.10 Å². The van der Waals surface area contributed by atoms with E-state index in [1.807, 2.05) is 0 Å². The predicted molar refractivity (Wildman–Crippen MR) is 91.6 cm³/mol. The summed E-state index contributed by atoms with van der Waals surface area (Å²) in [7, 11) is 0. The zero-order valence-corrected chi connectivity index (χ0v) is 13.3. The van der Waals surface area contributed by atoms with Crippen LogP contribution in [-0.4, -0.2) is 75.6 Å². The van der Waals surface area contributed by atoms with Gasteiger partial charge in [-0.05, 0) is 18.6 Å². The minimum absolute atomic E-state index is 0.0214. The van der Waals surface area contributed by atoms with Gasteiger partial charge < -0.3 is 25.7 Å². The quantitative estimate of drug-likeness (QED) is 0.407. The van der Waals surface area contributed by atoms with Gasteiger partial charge in [-0.15, -0.1) is 0 Å². The van der Waals surface area contributed by atoms with Crippen molar-refractivity contribution in [3.05, 3.63) is 17.7 Å². The van der Waals surface area contributed by atoms with Crippen molar-refractivity contribution in [2.75, 3.05) is 38.2 Å². The first kappa shape index (κ1) is 17.9. The number of aryl methyl sites for hydroxylation is 1. The smallest absolute Gasteiger partial charge is 0.169 e. The molecule has 0 amide bonds. The molecule has 0 unspecified atom stereocenters. The van der Waals surface area contributed by atoms with Crippen molar-refractivity contribution < 1.29 is 20.4 Å². The fourth-order valence-electron chi connectivity index (χ4n) is 2.21. The maximum atomic E-state index is 9.85. The summed E-state index contributed by atoms with van der Waals surface area (Å²) in [5.41, 5.74) is 1.97. The predicted octanol–water partition coefficient (Wildman–Crippen LogP) is -0.189. The molecule has 1 heterocycles. The maximum absolute atomic E-state index is 9.85. The summed E-state index contributed by atoms with van der Waals surface area (Å²) in [6.45, 7) is 1.46. The molecule has 0 aliphatic carbocycles. The Balaban J connectivity index is 2.44. The highest BCUT2D eigenvalue weighted by atomic mass is 16.3. The van der Waals surface area contributed by atoms with Crippen molar-refractivity contribution in [1.29, 1.82) is 5.41 Å². The third-order valence-corrected chi connectivity index (χ3v) is 3.43. The molecular formula is C15H21N5O4. The van der Waals surface area contributed by atoms with E-state index in [4.69, 9.17) is 15.6 Å². The van der Waals surface area contributed by atoms with E-state index in [1.54, 1.807) is 13.0 Å². The molecule has 0 bridgehead atoms. The van der Waals surface area contributed by atoms with Crippen LogP contribution in [0.4, 0.5) is 11.4 Å². The van der Waals surface area contributed by atoms with Crippen molar-refractivity contribution in [3.63, 3.8) is 0 Å². The molecule has 0 aromatic heterocycles. The fourth-order valence-corrected chi connectivity index (χ4v) is 2.21. The van der Waals surface area contributed by atoms with E-state index in [0.717, 1.165) is 0 Å². The summed E-state index contributed by atoms with van der Waals surface area (Å²) in [4.78, 5) is 4.40. The maximum Gasteiger partial charge on any atom is 0.169 e. The van der Waals surface area contributed by atoms with Gasteiger partial charge in [0.1, 0.15) is 17.2 Å². The molecule has 0 saturated carbocycles. The molecule has 6 N–H and O–H groups in total. The number of phenolic OH excluding ortho intramolecular Hbond substituents is 1. The Morgan fingerprint density at radius 2 is 2.00 bits per heavy atom. The Bertz CT molecular complexity index is 687. The Kier molecular flexibility index (Phi) is 5.85. The van der Waals surface area contributed by atoms with Gasteiger partial charge in [-0.3, -0.25) is 5.41 Å². The van der Waals surface area contributed by atoms with Crippen LogP contribution in [0.1, 0.15) is 5.56 Å². The zero-order chi connectivity index (χ0) is 17.7. The number of hydrogen-bond acceptors (Lipinski definition) is 8. The molecule has 24 heavy (non-hydrogen) atoms. The number of benzene rings is 1. The Morgan fingerprint density at radius 3 is 2.62 bits per heavy atom. The van der Waals surface area contributed by atoms with Crippen LogP contribution in [0.25, 0.3) is 0 Å². The second-order valence-electron chi connectivity index (χ2n) is 5.17. The van der Waals surface area contributed by atoms with Gasteiger partial charge in [0.15, 0.2) is 5.84 Å². The number of nitrogens with one attached hydrogen (secondary N) is 2. The molecule has 130 valence electrons. The molecule has 1 aromatic carbocycles. The normalized spacial score (nSPS) is 16.0. The Labute approximate surface area is 139 Å². The standard InChI is InChI=1S/C15H21N5O4/c1-9-6-11(10(7-13(9)24)17-2-4-21)18-14-12(8-23)19-20(3-5-22)15(14)16/h6-7,16-17,21-24H,2-5,8H2,1H3. The van der Waals surface area contributed by atoms with E-state index in [0.29, 0.717) is 16.9 Å². The van der Waals surface area contributed by atoms with Gasteiger partial charge in [0.05, 0.1) is 37.7 Å². The van der Waals surface area contributed by atoms with Crippen molar-refractivity contribution in [2.45, 2.75) is 6.92 Å². The number of anilines is 1. The number of hydrazone groups is 1. The first-order valence-electron chi connectivity index (χ1n) is 7.44. The Hall–Kier alpha value is -2.49. The van der Waals surface area contributed by atoms with E-state index in [9.17, 15) is 10.2 Å². The molecule has 1 aromatic rings. The van der Waals surface area contributed by atoms with Crippen LogP contribution in [0, 0.1) is 12.3 Å². The van der Waals surface area contributed by atoms with E-state index in [2.05, 4.69) is 15.4 Å². The van der Waals surface area contributed by atoms with Gasteiger partial charge in [0, 0.05) is 12.6 Å². The molecule has 9 nitrogen and oxygen atoms in total. The third kappa shape index (κ3) is 3.70. The summed E-state index contributed by atoms with van der Waals surface area (Å²) in [5, 5.41) is 53.6. The Morgan fingerprint density at radius 1 is 1.25 bits per heavy atom. The van der Waals surface area contributed by atoms with Gasteiger partial charge >= 0.3 is 0 Å². The first-order chi connectivity index (χ1) is 11.5. The van der Waals surface area contributed by atoms with Gasteiger partial charge in [-0.25, -0.2) is 10.0 Å². The average Bonchev–Trinajstić information content (AvgIpc) is 2.86. The summed E-state index contributed by atoms with van der Waals surface area (Å²) >= 11 is 0. The van der Waals surface area contributed by atoms with Crippen LogP contribution in [0.5, 0.6) is 5.75 Å². The fraction of sp³-hybridized carbons (Fsp3) is 0.400. The molecular weight excluding hydrogens is 314 g/mol. The molecule has 9 heteroatoms. The number of β-amino-alcohol motifs (C(OH)–C–C–N with tert-alkyl or cyclic N) is 1. The van der Waals surface area contributed by atoms with Gasteiger partial charge in [0.25, 0.3) is 0 Å².